The molecule has 0 fully saturated rings. The molecule has 0 aliphatic carbocycles. The molecule has 0 heterocycles. The Balaban J connectivity index is 3.43. The monoisotopic (exact) mass is 163 g/mol. The Kier molecular flexibility index (Phi) is 4.45. The van der Waals surface area contributed by atoms with Crippen LogP contribution in [-0.4, -0.2) is 17.3 Å². The van der Waals surface area contributed by atoms with E-state index < -0.39 is 0 Å². The first-order chi connectivity index (χ1) is 4.52. The second kappa shape index (κ2) is 4.56. The van der Waals surface area contributed by atoms with Crippen molar-refractivity contribution in [3.63, 3.8) is 0 Å². The third-order valence-corrected chi connectivity index (χ3v) is 1.31. The van der Waals surface area contributed by atoms with Crippen LogP contribution in [0.4, 0.5) is 0 Å². The van der Waals surface area contributed by atoms with Gasteiger partial charge in [-0.2, -0.15) is 0 Å². The van der Waals surface area contributed by atoms with Crippen molar-refractivity contribution in [1.82, 2.24) is 5.32 Å². The highest BCUT2D eigenvalue weighted by Gasteiger charge is 2.05. The van der Waals surface area contributed by atoms with Crippen LogP contribution < -0.4 is 5.32 Å². The van der Waals surface area contributed by atoms with Crippen molar-refractivity contribution in [3.8, 4) is 0 Å². The number of amides is 1. The van der Waals surface area contributed by atoms with Gasteiger partial charge in [-0.05, 0) is 20.3 Å². The summed E-state index contributed by atoms with van der Waals surface area (Å²) in [6.45, 7) is 5.37. The van der Waals surface area contributed by atoms with Gasteiger partial charge >= 0.3 is 0 Å². The minimum atomic E-state index is 0.00446. The van der Waals surface area contributed by atoms with Crippen LogP contribution in [0.3, 0.4) is 0 Å². The zero-order valence-electron chi connectivity index (χ0n) is 6.65. The van der Waals surface area contributed by atoms with Crippen LogP contribution >= 0.6 is 11.6 Å². The van der Waals surface area contributed by atoms with Gasteiger partial charge in [-0.15, -0.1) is 11.6 Å². The van der Waals surface area contributed by atoms with Gasteiger partial charge in [0.25, 0.3) is 0 Å². The van der Waals surface area contributed by atoms with E-state index in [-0.39, 0.29) is 17.3 Å². The SMILES string of the molecule is CC(=O)NC(C)CC(C)Cl. The standard InChI is InChI=1S/C7H14ClNO/c1-5(8)4-6(2)9-7(3)10/h5-6H,4H2,1-3H3,(H,9,10). The summed E-state index contributed by atoms with van der Waals surface area (Å²) in [5, 5.41) is 2.88. The molecule has 10 heavy (non-hydrogen) atoms. The molecule has 1 amide bonds. The van der Waals surface area contributed by atoms with E-state index in [0.717, 1.165) is 6.42 Å². The lowest BCUT2D eigenvalue weighted by molar-refractivity contribution is -0.119. The molecular formula is C7H14ClNO. The van der Waals surface area contributed by atoms with Crippen LogP contribution in [0.25, 0.3) is 0 Å². The Morgan fingerprint density at radius 1 is 1.60 bits per heavy atom. The number of halogens is 1. The van der Waals surface area contributed by atoms with Crippen LogP contribution in [0, 0.1) is 0 Å². The zero-order chi connectivity index (χ0) is 8.15. The van der Waals surface area contributed by atoms with Gasteiger partial charge in [0.05, 0.1) is 0 Å². The summed E-state index contributed by atoms with van der Waals surface area (Å²) in [6.07, 6.45) is 0.821. The lowest BCUT2D eigenvalue weighted by Crippen LogP contribution is -2.31. The van der Waals surface area contributed by atoms with Crippen LogP contribution in [0.5, 0.6) is 0 Å². The van der Waals surface area contributed by atoms with Crippen LogP contribution in [-0.2, 0) is 4.79 Å². The van der Waals surface area contributed by atoms with Gasteiger partial charge in [0.2, 0.25) is 5.91 Å². The number of hydrogen-bond acceptors (Lipinski definition) is 1. The van der Waals surface area contributed by atoms with Crippen molar-refractivity contribution in [2.24, 2.45) is 0 Å². The molecule has 0 spiro atoms. The summed E-state index contributed by atoms with van der Waals surface area (Å²) in [5.41, 5.74) is 0. The first kappa shape index (κ1) is 9.76. The smallest absolute Gasteiger partial charge is 0.217 e. The normalized spacial score (nSPS) is 16.0. The van der Waals surface area contributed by atoms with Gasteiger partial charge in [-0.25, -0.2) is 0 Å². The van der Waals surface area contributed by atoms with Crippen LogP contribution in [0.2, 0.25) is 0 Å². The average molecular weight is 164 g/mol. The van der Waals surface area contributed by atoms with Crippen molar-refractivity contribution in [2.75, 3.05) is 0 Å². The molecule has 0 aromatic heterocycles. The number of hydrogen-bond donors (Lipinski definition) is 1. The summed E-state index contributed by atoms with van der Waals surface area (Å²) in [5.74, 6) is 0.00446. The summed E-state index contributed by atoms with van der Waals surface area (Å²) in [6, 6.07) is 0.185. The molecule has 0 aromatic rings. The fraction of sp³-hybridized carbons (Fsp3) is 0.857. The van der Waals surface area contributed by atoms with Crippen molar-refractivity contribution in [3.05, 3.63) is 0 Å². The lowest BCUT2D eigenvalue weighted by Gasteiger charge is -2.12. The zero-order valence-corrected chi connectivity index (χ0v) is 7.40. The first-order valence-electron chi connectivity index (χ1n) is 3.43. The molecule has 0 saturated heterocycles. The van der Waals surface area contributed by atoms with Crippen molar-refractivity contribution >= 4 is 17.5 Å². The summed E-state index contributed by atoms with van der Waals surface area (Å²) in [4.78, 5) is 10.5. The minimum absolute atomic E-state index is 0.00446. The van der Waals surface area contributed by atoms with E-state index in [1.54, 1.807) is 0 Å². The van der Waals surface area contributed by atoms with E-state index in [1.165, 1.54) is 6.92 Å². The minimum Gasteiger partial charge on any atom is -0.354 e. The Morgan fingerprint density at radius 2 is 2.10 bits per heavy atom. The van der Waals surface area contributed by atoms with E-state index in [9.17, 15) is 4.79 Å². The summed E-state index contributed by atoms with van der Waals surface area (Å²) in [7, 11) is 0. The fourth-order valence-corrected chi connectivity index (χ4v) is 1.16. The number of carbonyl (C=O) groups is 1. The highest BCUT2D eigenvalue weighted by Crippen LogP contribution is 2.03. The predicted molar refractivity (Wildman–Crippen MR) is 43.2 cm³/mol. The van der Waals surface area contributed by atoms with Gasteiger partial charge < -0.3 is 5.32 Å². The second-order valence-corrected chi connectivity index (χ2v) is 3.36. The second-order valence-electron chi connectivity index (χ2n) is 2.62. The molecule has 0 aromatic carbocycles. The first-order valence-corrected chi connectivity index (χ1v) is 3.87. The maximum absolute atomic E-state index is 10.5. The van der Waals surface area contributed by atoms with Gasteiger partial charge in [0, 0.05) is 18.3 Å². The fourth-order valence-electron chi connectivity index (χ4n) is 0.893. The van der Waals surface area contributed by atoms with Crippen molar-refractivity contribution in [2.45, 2.75) is 38.6 Å². The highest BCUT2D eigenvalue weighted by molar-refractivity contribution is 6.20. The van der Waals surface area contributed by atoms with Crippen LogP contribution in [0.1, 0.15) is 27.2 Å². The van der Waals surface area contributed by atoms with Gasteiger partial charge in [-0.1, -0.05) is 0 Å². The van der Waals surface area contributed by atoms with E-state index >= 15 is 0 Å². The summed E-state index contributed by atoms with van der Waals surface area (Å²) >= 11 is 5.70. The number of rotatable bonds is 3. The highest BCUT2D eigenvalue weighted by atomic mass is 35.5. The molecule has 0 radical (unpaired) electrons. The molecule has 3 heteroatoms. The van der Waals surface area contributed by atoms with Crippen molar-refractivity contribution in [1.29, 1.82) is 0 Å². The molecule has 2 nitrogen and oxygen atoms in total. The maximum Gasteiger partial charge on any atom is 0.217 e. The molecule has 0 saturated carbocycles. The quantitative estimate of drug-likeness (QED) is 0.629. The molecule has 2 unspecified atom stereocenters. The van der Waals surface area contributed by atoms with E-state index in [2.05, 4.69) is 5.32 Å². The molecule has 0 aliphatic heterocycles. The maximum atomic E-state index is 10.5. The molecule has 0 rings (SSSR count). The Labute approximate surface area is 66.9 Å². The topological polar surface area (TPSA) is 29.1 Å². The molecule has 1 N–H and O–H groups in total. The molecule has 0 aliphatic rings. The van der Waals surface area contributed by atoms with E-state index in [0.29, 0.717) is 0 Å². The van der Waals surface area contributed by atoms with Crippen molar-refractivity contribution < 1.29 is 4.79 Å². The van der Waals surface area contributed by atoms with Crippen LogP contribution in [0.15, 0.2) is 0 Å². The molecular weight excluding hydrogens is 150 g/mol. The Morgan fingerprint density at radius 3 is 2.40 bits per heavy atom. The lowest BCUT2D eigenvalue weighted by atomic mass is 10.2. The largest absolute Gasteiger partial charge is 0.354 e. The number of nitrogens with one attached hydrogen (secondary N) is 1. The van der Waals surface area contributed by atoms with E-state index in [4.69, 9.17) is 11.6 Å². The number of carbonyl (C=O) groups excluding carboxylic acids is 1. The molecule has 0 bridgehead atoms. The predicted octanol–water partition coefficient (Wildman–Crippen LogP) is 1.53. The number of alkyl halides is 1. The average Bonchev–Trinajstić information content (AvgIpc) is 1.58. The Bertz CT molecular complexity index is 114. The van der Waals surface area contributed by atoms with Gasteiger partial charge in [-0.3, -0.25) is 4.79 Å². The third kappa shape index (κ3) is 5.89. The Hall–Kier alpha value is -0.240. The van der Waals surface area contributed by atoms with Gasteiger partial charge in [0.1, 0.15) is 0 Å². The summed E-state index contributed by atoms with van der Waals surface area (Å²) < 4.78 is 0. The molecule has 60 valence electrons. The molecule has 2 atom stereocenters. The van der Waals surface area contributed by atoms with E-state index in [1.807, 2.05) is 13.8 Å². The third-order valence-electron chi connectivity index (χ3n) is 1.13. The van der Waals surface area contributed by atoms with Gasteiger partial charge in [0.15, 0.2) is 0 Å².